The molecule has 0 radical (unpaired) electrons. The maximum Gasteiger partial charge on any atom is 0.285 e. The van der Waals surface area contributed by atoms with Crippen molar-refractivity contribution in [3.63, 3.8) is 0 Å². The minimum atomic E-state index is -0.391. The van der Waals surface area contributed by atoms with E-state index < -0.39 is 5.54 Å². The Morgan fingerprint density at radius 2 is 2.31 bits per heavy atom. The van der Waals surface area contributed by atoms with Crippen LogP contribution in [-0.4, -0.2) is 9.78 Å². The number of nitrogens with zero attached hydrogens (tertiary/aromatic N) is 2. The van der Waals surface area contributed by atoms with Crippen molar-refractivity contribution in [2.45, 2.75) is 18.4 Å². The number of halogens is 1. The monoisotopic (exact) mass is 199 g/mol. The fraction of sp³-hybridized carbons (Fsp3) is 0.500. The summed E-state index contributed by atoms with van der Waals surface area (Å²) in [7, 11) is 1.56. The molecule has 70 valence electrons. The van der Waals surface area contributed by atoms with Gasteiger partial charge in [0.05, 0.1) is 6.20 Å². The third kappa shape index (κ3) is 1.26. The highest BCUT2D eigenvalue weighted by Crippen LogP contribution is 2.44. The van der Waals surface area contributed by atoms with E-state index >= 15 is 0 Å². The van der Waals surface area contributed by atoms with Crippen LogP contribution in [0.2, 0.25) is 5.02 Å². The van der Waals surface area contributed by atoms with Crippen LogP contribution >= 0.6 is 11.6 Å². The van der Waals surface area contributed by atoms with Gasteiger partial charge in [-0.1, -0.05) is 11.6 Å². The lowest BCUT2D eigenvalue weighted by atomic mass is 10.1. The molecule has 2 N–H and O–H groups in total. The maximum atomic E-state index is 11.4. The molecule has 2 rings (SSSR count). The largest absolute Gasteiger partial charge is 0.321 e. The summed E-state index contributed by atoms with van der Waals surface area (Å²) in [5, 5.41) is 4.09. The van der Waals surface area contributed by atoms with Crippen molar-refractivity contribution in [1.82, 2.24) is 9.78 Å². The third-order valence-corrected chi connectivity index (χ3v) is 2.77. The summed E-state index contributed by atoms with van der Waals surface area (Å²) in [6, 6.07) is 0. The van der Waals surface area contributed by atoms with Crippen LogP contribution in [0.3, 0.4) is 0 Å². The van der Waals surface area contributed by atoms with Crippen molar-refractivity contribution < 1.29 is 0 Å². The van der Waals surface area contributed by atoms with E-state index in [2.05, 4.69) is 5.10 Å². The first kappa shape index (κ1) is 8.72. The number of aryl methyl sites for hydroxylation is 1. The Hall–Kier alpha value is -0.870. The second-order valence-electron chi connectivity index (χ2n) is 3.46. The molecule has 1 aliphatic carbocycles. The summed E-state index contributed by atoms with van der Waals surface area (Å²) < 4.78 is 1.21. The highest BCUT2D eigenvalue weighted by atomic mass is 35.5. The van der Waals surface area contributed by atoms with Crippen molar-refractivity contribution in [3.8, 4) is 0 Å². The zero-order chi connectivity index (χ0) is 9.64. The molecule has 1 saturated carbocycles. The molecule has 1 heterocycles. The molecule has 0 bridgehead atoms. The van der Waals surface area contributed by atoms with Crippen LogP contribution in [0.5, 0.6) is 0 Å². The third-order valence-electron chi connectivity index (χ3n) is 2.40. The predicted molar refractivity (Wildman–Crippen MR) is 49.6 cm³/mol. The van der Waals surface area contributed by atoms with Gasteiger partial charge in [-0.3, -0.25) is 4.79 Å². The van der Waals surface area contributed by atoms with E-state index in [-0.39, 0.29) is 10.6 Å². The van der Waals surface area contributed by atoms with E-state index in [0.29, 0.717) is 5.56 Å². The Bertz CT molecular complexity index is 408. The van der Waals surface area contributed by atoms with E-state index in [1.54, 1.807) is 13.2 Å². The van der Waals surface area contributed by atoms with Crippen molar-refractivity contribution >= 4 is 11.6 Å². The Morgan fingerprint density at radius 3 is 2.85 bits per heavy atom. The molecule has 0 amide bonds. The average molecular weight is 200 g/mol. The van der Waals surface area contributed by atoms with Gasteiger partial charge in [0, 0.05) is 18.2 Å². The zero-order valence-corrected chi connectivity index (χ0v) is 8.01. The van der Waals surface area contributed by atoms with E-state index in [0.717, 1.165) is 12.8 Å². The van der Waals surface area contributed by atoms with Crippen molar-refractivity contribution in [1.29, 1.82) is 0 Å². The van der Waals surface area contributed by atoms with Crippen LogP contribution < -0.4 is 11.3 Å². The van der Waals surface area contributed by atoms with Crippen molar-refractivity contribution in [2.75, 3.05) is 0 Å². The topological polar surface area (TPSA) is 60.9 Å². The van der Waals surface area contributed by atoms with Gasteiger partial charge in [-0.2, -0.15) is 5.10 Å². The lowest BCUT2D eigenvalue weighted by Crippen LogP contribution is -2.27. The molecule has 0 spiro atoms. The first-order valence-corrected chi connectivity index (χ1v) is 4.43. The minimum Gasteiger partial charge on any atom is -0.321 e. The van der Waals surface area contributed by atoms with Crippen LogP contribution in [0, 0.1) is 0 Å². The van der Waals surface area contributed by atoms with Crippen molar-refractivity contribution in [3.05, 3.63) is 27.1 Å². The van der Waals surface area contributed by atoms with Gasteiger partial charge in [0.25, 0.3) is 5.56 Å². The number of rotatable bonds is 1. The molecular formula is C8H10ClN3O. The molecule has 0 saturated heterocycles. The number of hydrogen-bond acceptors (Lipinski definition) is 3. The number of aromatic nitrogens is 2. The molecule has 0 aromatic carbocycles. The van der Waals surface area contributed by atoms with Gasteiger partial charge in [-0.05, 0) is 12.8 Å². The van der Waals surface area contributed by atoms with Crippen LogP contribution in [0.4, 0.5) is 0 Å². The Balaban J connectivity index is 2.61. The smallest absolute Gasteiger partial charge is 0.285 e. The quantitative estimate of drug-likeness (QED) is 0.712. The molecule has 1 aromatic heterocycles. The molecule has 0 unspecified atom stereocenters. The van der Waals surface area contributed by atoms with Crippen LogP contribution in [0.15, 0.2) is 11.0 Å². The van der Waals surface area contributed by atoms with E-state index in [1.165, 1.54) is 4.68 Å². The molecule has 1 fully saturated rings. The lowest BCUT2D eigenvalue weighted by Gasteiger charge is -2.10. The molecule has 1 aromatic rings. The summed E-state index contributed by atoms with van der Waals surface area (Å²) >= 11 is 5.87. The molecule has 4 nitrogen and oxygen atoms in total. The molecule has 0 atom stereocenters. The zero-order valence-electron chi connectivity index (χ0n) is 7.25. The predicted octanol–water partition coefficient (Wildman–Crippen LogP) is 0.382. The SMILES string of the molecule is Cn1ncc(C2(N)CC2)c(Cl)c1=O. The Morgan fingerprint density at radius 1 is 1.69 bits per heavy atom. The van der Waals surface area contributed by atoms with Gasteiger partial charge in [-0.15, -0.1) is 0 Å². The number of nitrogens with two attached hydrogens (primary N) is 1. The maximum absolute atomic E-state index is 11.4. The van der Waals surface area contributed by atoms with Crippen molar-refractivity contribution in [2.24, 2.45) is 12.8 Å². The minimum absolute atomic E-state index is 0.206. The summed E-state index contributed by atoms with van der Waals surface area (Å²) in [5.41, 5.74) is 5.92. The van der Waals surface area contributed by atoms with Gasteiger partial charge < -0.3 is 5.73 Å². The van der Waals surface area contributed by atoms with Gasteiger partial charge >= 0.3 is 0 Å². The standard InChI is InChI=1S/C8H10ClN3O/c1-12-7(13)6(9)5(4-11-12)8(10)2-3-8/h4H,2-3,10H2,1H3. The summed E-state index contributed by atoms with van der Waals surface area (Å²) in [6.45, 7) is 0. The molecular weight excluding hydrogens is 190 g/mol. The fourth-order valence-electron chi connectivity index (χ4n) is 1.26. The van der Waals surface area contributed by atoms with Crippen LogP contribution in [-0.2, 0) is 12.6 Å². The molecule has 0 aliphatic heterocycles. The first-order valence-electron chi connectivity index (χ1n) is 4.06. The summed E-state index contributed by atoms with van der Waals surface area (Å²) in [5.74, 6) is 0. The Labute approximate surface area is 80.3 Å². The Kier molecular flexibility index (Phi) is 1.72. The lowest BCUT2D eigenvalue weighted by molar-refractivity contribution is 0.665. The van der Waals surface area contributed by atoms with Gasteiger partial charge in [0.15, 0.2) is 0 Å². The van der Waals surface area contributed by atoms with Crippen LogP contribution in [0.25, 0.3) is 0 Å². The first-order chi connectivity index (χ1) is 6.04. The van der Waals surface area contributed by atoms with E-state index in [4.69, 9.17) is 17.3 Å². The number of hydrogen-bond donors (Lipinski definition) is 1. The van der Waals surface area contributed by atoms with E-state index in [9.17, 15) is 4.79 Å². The molecule has 13 heavy (non-hydrogen) atoms. The van der Waals surface area contributed by atoms with Gasteiger partial charge in [0.1, 0.15) is 5.02 Å². The normalized spacial score (nSPS) is 18.7. The summed E-state index contributed by atoms with van der Waals surface area (Å²) in [4.78, 5) is 11.4. The van der Waals surface area contributed by atoms with Gasteiger partial charge in [0.2, 0.25) is 0 Å². The van der Waals surface area contributed by atoms with Gasteiger partial charge in [-0.25, -0.2) is 4.68 Å². The second-order valence-corrected chi connectivity index (χ2v) is 3.84. The highest BCUT2D eigenvalue weighted by molar-refractivity contribution is 6.31. The molecule has 5 heteroatoms. The van der Waals surface area contributed by atoms with Crippen LogP contribution in [0.1, 0.15) is 18.4 Å². The molecule has 1 aliphatic rings. The highest BCUT2D eigenvalue weighted by Gasteiger charge is 2.42. The fourth-order valence-corrected chi connectivity index (χ4v) is 1.62. The second kappa shape index (κ2) is 2.56. The summed E-state index contributed by atoms with van der Waals surface area (Å²) in [6.07, 6.45) is 3.33. The average Bonchev–Trinajstić information content (AvgIpc) is 2.80. The van der Waals surface area contributed by atoms with E-state index in [1.807, 2.05) is 0 Å².